The molecule has 0 aliphatic carbocycles. The summed E-state index contributed by atoms with van der Waals surface area (Å²) < 4.78 is 0. The number of aromatic amines is 1. The fourth-order valence-corrected chi connectivity index (χ4v) is 3.19. The smallest absolute Gasteiger partial charge is 0.293 e. The number of hydrogen-bond donors (Lipinski definition) is 3. The van der Waals surface area contributed by atoms with E-state index in [9.17, 15) is 14.9 Å². The second kappa shape index (κ2) is 8.68. The van der Waals surface area contributed by atoms with Crippen LogP contribution in [-0.2, 0) is 0 Å². The number of hydrogen-bond acceptors (Lipinski definition) is 5. The lowest BCUT2D eigenvalue weighted by Crippen LogP contribution is -2.11. The van der Waals surface area contributed by atoms with Crippen LogP contribution in [0.4, 0.5) is 11.4 Å². The van der Waals surface area contributed by atoms with E-state index < -0.39 is 4.92 Å². The number of anilines is 1. The van der Waals surface area contributed by atoms with Crippen LogP contribution in [0, 0.1) is 10.1 Å². The molecule has 0 spiro atoms. The molecule has 7 nitrogen and oxygen atoms in total. The molecule has 0 bridgehead atoms. The van der Waals surface area contributed by atoms with Gasteiger partial charge < -0.3 is 16.0 Å². The van der Waals surface area contributed by atoms with Gasteiger partial charge in [0.25, 0.3) is 5.69 Å². The lowest BCUT2D eigenvalue weighted by Gasteiger charge is -2.11. The average molecular weight is 365 g/mol. The van der Waals surface area contributed by atoms with Gasteiger partial charge in [-0.2, -0.15) is 0 Å². The second-order valence-electron chi connectivity index (χ2n) is 6.43. The third kappa shape index (κ3) is 4.11. The van der Waals surface area contributed by atoms with Crippen molar-refractivity contribution in [3.05, 3.63) is 56.7 Å². The fourth-order valence-electron chi connectivity index (χ4n) is 3.19. The van der Waals surface area contributed by atoms with Crippen molar-refractivity contribution >= 4 is 40.5 Å². The molecule has 139 valence electrons. The molecule has 0 unspecified atom stereocenters. The van der Waals surface area contributed by atoms with Crippen LogP contribution < -0.4 is 16.5 Å². The van der Waals surface area contributed by atoms with E-state index in [0.29, 0.717) is 35.1 Å². The van der Waals surface area contributed by atoms with Crippen molar-refractivity contribution in [3.8, 4) is 0 Å². The van der Waals surface area contributed by atoms with E-state index in [2.05, 4.69) is 17.6 Å². The molecule has 0 saturated heterocycles. The number of nitro groups is 1. The lowest BCUT2D eigenvalue weighted by molar-refractivity contribution is -0.383. The highest BCUT2D eigenvalue weighted by molar-refractivity contribution is 6.35. The summed E-state index contributed by atoms with van der Waals surface area (Å²) in [5.41, 5.74) is 6.62. The van der Waals surface area contributed by atoms with Gasteiger partial charge >= 0.3 is 0 Å². The van der Waals surface area contributed by atoms with Crippen LogP contribution in [0.5, 0.6) is 0 Å². The summed E-state index contributed by atoms with van der Waals surface area (Å²) in [6.45, 7) is 1.37. The Bertz CT molecular complexity index is 1020. The van der Waals surface area contributed by atoms with Crippen molar-refractivity contribution in [1.29, 1.82) is 0 Å². The van der Waals surface area contributed by atoms with Crippen molar-refractivity contribution < 1.29 is 4.92 Å². The molecule has 2 aromatic carbocycles. The summed E-state index contributed by atoms with van der Waals surface area (Å²) in [7, 11) is 2.21. The number of aromatic nitrogens is 1. The summed E-state index contributed by atoms with van der Waals surface area (Å²) in [6.07, 6.45) is 3.86. The number of pyridine rings is 1. The van der Waals surface area contributed by atoms with Gasteiger partial charge in [-0.05, 0) is 37.6 Å². The van der Waals surface area contributed by atoms with E-state index in [1.165, 1.54) is 6.07 Å². The van der Waals surface area contributed by atoms with Gasteiger partial charge in [-0.15, -0.1) is 0 Å². The molecule has 8 heteroatoms. The van der Waals surface area contributed by atoms with Crippen molar-refractivity contribution in [2.24, 2.45) is 5.73 Å². The van der Waals surface area contributed by atoms with Crippen LogP contribution in [0.25, 0.3) is 21.8 Å². The van der Waals surface area contributed by atoms with Gasteiger partial charge in [-0.25, -0.2) is 0 Å². The summed E-state index contributed by atoms with van der Waals surface area (Å²) in [6, 6.07) is 10.1. The highest BCUT2D eigenvalue weighted by Gasteiger charge is 2.19. The Balaban J connectivity index is 1.92. The van der Waals surface area contributed by atoms with Crippen molar-refractivity contribution in [1.82, 2.24) is 4.98 Å². The van der Waals surface area contributed by atoms with E-state index in [1.54, 1.807) is 30.3 Å². The molecule has 1 radical (unpaired) electrons. The molecule has 0 aliphatic heterocycles. The highest BCUT2D eigenvalue weighted by atomic mass is 16.6. The lowest BCUT2D eigenvalue weighted by atomic mass is 9.69. The molecule has 0 aliphatic rings. The van der Waals surface area contributed by atoms with E-state index in [0.717, 1.165) is 25.5 Å². The van der Waals surface area contributed by atoms with Crippen molar-refractivity contribution in [3.63, 3.8) is 0 Å². The van der Waals surface area contributed by atoms with Gasteiger partial charge in [0.1, 0.15) is 12.8 Å². The van der Waals surface area contributed by atoms with E-state index in [-0.39, 0.29) is 16.6 Å². The van der Waals surface area contributed by atoms with E-state index in [1.807, 2.05) is 0 Å². The number of nitrogens with zero attached hydrogens (tertiary/aromatic N) is 1. The first-order valence-electron chi connectivity index (χ1n) is 9.11. The highest BCUT2D eigenvalue weighted by Crippen LogP contribution is 2.29. The zero-order chi connectivity index (χ0) is 19.2. The monoisotopic (exact) mass is 365 g/mol. The number of nitrogens with one attached hydrogen (secondary N) is 2. The van der Waals surface area contributed by atoms with Crippen LogP contribution in [0.15, 0.2) is 41.2 Å². The first-order chi connectivity index (χ1) is 13.1. The maximum absolute atomic E-state index is 13.0. The molecular formula is C19H22BN4O3. The maximum atomic E-state index is 13.0. The quantitative estimate of drug-likeness (QED) is 0.177. The number of fused-ring (bicyclic) bond motifs is 2. The van der Waals surface area contributed by atoms with Gasteiger partial charge in [0.05, 0.1) is 10.3 Å². The first-order valence-corrected chi connectivity index (χ1v) is 9.11. The third-order valence-corrected chi connectivity index (χ3v) is 4.55. The Morgan fingerprint density at radius 3 is 2.70 bits per heavy atom. The Kier molecular flexibility index (Phi) is 6.08. The number of benzene rings is 2. The summed E-state index contributed by atoms with van der Waals surface area (Å²) in [4.78, 5) is 27.0. The van der Waals surface area contributed by atoms with Crippen molar-refractivity contribution in [2.75, 3.05) is 18.4 Å². The predicted molar refractivity (Wildman–Crippen MR) is 111 cm³/mol. The van der Waals surface area contributed by atoms with Crippen molar-refractivity contribution in [2.45, 2.75) is 25.5 Å². The zero-order valence-electron chi connectivity index (χ0n) is 15.0. The summed E-state index contributed by atoms with van der Waals surface area (Å²) in [5, 5.41) is 15.5. The molecule has 27 heavy (non-hydrogen) atoms. The Morgan fingerprint density at radius 2 is 1.93 bits per heavy atom. The van der Waals surface area contributed by atoms with Gasteiger partial charge in [-0.3, -0.25) is 14.9 Å². The SMILES string of the molecule is NCCC[B]CCCNc1ccc([N+](=O)[O-])c2[nH]c3ccccc3c(=O)c12. The van der Waals surface area contributed by atoms with Gasteiger partial charge in [-0.1, -0.05) is 24.8 Å². The molecule has 1 aromatic heterocycles. The Hall–Kier alpha value is -2.87. The summed E-state index contributed by atoms with van der Waals surface area (Å²) in [5.74, 6) is 0. The van der Waals surface area contributed by atoms with E-state index in [4.69, 9.17) is 5.73 Å². The number of rotatable bonds is 9. The standard InChI is InChI=1S/C19H22BN4O3/c21-11-3-9-20-10-4-12-22-15-7-8-16(24(26)27)18-17(15)19(25)13-5-1-2-6-14(13)23-18/h1-2,5-8,22H,3-4,9-12,21H2,(H,23,25). The van der Waals surface area contributed by atoms with Gasteiger partial charge in [0.15, 0.2) is 5.43 Å². The third-order valence-electron chi connectivity index (χ3n) is 4.55. The van der Waals surface area contributed by atoms with Crippen LogP contribution in [0.3, 0.4) is 0 Å². The molecule has 1 heterocycles. The predicted octanol–water partition coefficient (Wildman–Crippen LogP) is 3.28. The van der Waals surface area contributed by atoms with Gasteiger partial charge in [0, 0.05) is 29.2 Å². The molecule has 3 aromatic rings. The Labute approximate surface area is 157 Å². The number of H-pyrrole nitrogens is 1. The van der Waals surface area contributed by atoms with E-state index >= 15 is 0 Å². The molecule has 0 fully saturated rings. The zero-order valence-corrected chi connectivity index (χ0v) is 15.0. The number of nitrogens with two attached hydrogens (primary N) is 1. The molecule has 4 N–H and O–H groups in total. The fraction of sp³-hybridized carbons (Fsp3) is 0.316. The minimum atomic E-state index is -0.469. The van der Waals surface area contributed by atoms with Crippen LogP contribution in [-0.4, -0.2) is 30.3 Å². The topological polar surface area (TPSA) is 114 Å². The summed E-state index contributed by atoms with van der Waals surface area (Å²) >= 11 is 0. The van der Waals surface area contributed by atoms with Crippen LogP contribution in [0.2, 0.25) is 12.6 Å². The van der Waals surface area contributed by atoms with Crippen LogP contribution >= 0.6 is 0 Å². The number of para-hydroxylation sites is 1. The largest absolute Gasteiger partial charge is 0.384 e. The number of nitro benzene ring substituents is 1. The Morgan fingerprint density at radius 1 is 1.15 bits per heavy atom. The first kappa shape index (κ1) is 18.9. The normalized spacial score (nSPS) is 11.0. The van der Waals surface area contributed by atoms with Gasteiger partial charge in [0.2, 0.25) is 0 Å². The molecule has 0 amide bonds. The second-order valence-corrected chi connectivity index (χ2v) is 6.43. The molecule has 0 atom stereocenters. The number of non-ortho nitro benzene ring substituents is 1. The molecule has 0 saturated carbocycles. The average Bonchev–Trinajstić information content (AvgIpc) is 2.67. The molecular weight excluding hydrogens is 343 g/mol. The van der Waals surface area contributed by atoms with Crippen LogP contribution in [0.1, 0.15) is 12.8 Å². The minimum absolute atomic E-state index is 0.103. The minimum Gasteiger partial charge on any atom is -0.384 e. The molecule has 3 rings (SSSR count). The maximum Gasteiger partial charge on any atom is 0.293 e.